The van der Waals surface area contributed by atoms with Crippen molar-refractivity contribution >= 4 is 77.8 Å². The third-order valence-electron chi connectivity index (χ3n) is 5.43. The van der Waals surface area contributed by atoms with Crippen molar-refractivity contribution in [2.24, 2.45) is 0 Å². The Bertz CT molecular complexity index is 1800. The van der Waals surface area contributed by atoms with Gasteiger partial charge in [-0.3, -0.25) is 14.2 Å². The lowest BCUT2D eigenvalue weighted by molar-refractivity contribution is 0.102. The van der Waals surface area contributed by atoms with Crippen molar-refractivity contribution in [2.45, 2.75) is 9.79 Å². The van der Waals surface area contributed by atoms with Crippen LogP contribution in [0.15, 0.2) is 94.7 Å². The molecule has 0 aliphatic heterocycles. The van der Waals surface area contributed by atoms with Crippen LogP contribution in [-0.4, -0.2) is 29.9 Å². The van der Waals surface area contributed by atoms with Crippen molar-refractivity contribution in [3.8, 4) is 5.75 Å². The molecule has 0 radical (unpaired) electrons. The first-order chi connectivity index (χ1) is 18.9. The number of carbonyl (C=O) groups excluding carboxylic acids is 1. The van der Waals surface area contributed by atoms with Crippen molar-refractivity contribution < 1.29 is 26.4 Å². The summed E-state index contributed by atoms with van der Waals surface area (Å²) in [6.07, 6.45) is 0. The van der Waals surface area contributed by atoms with E-state index in [1.54, 1.807) is 24.3 Å². The van der Waals surface area contributed by atoms with Gasteiger partial charge in [-0.2, -0.15) is 0 Å². The quantitative estimate of drug-likeness (QED) is 0.191. The van der Waals surface area contributed by atoms with Crippen LogP contribution in [0.1, 0.15) is 10.4 Å². The third-order valence-corrected chi connectivity index (χ3v) is 9.22. The number of halogens is 3. The number of amides is 1. The van der Waals surface area contributed by atoms with Crippen LogP contribution in [-0.2, 0) is 20.0 Å². The van der Waals surface area contributed by atoms with E-state index in [0.717, 1.165) is 6.07 Å². The predicted molar refractivity (Wildman–Crippen MR) is 157 cm³/mol. The van der Waals surface area contributed by atoms with Crippen molar-refractivity contribution in [3.05, 3.63) is 106 Å². The summed E-state index contributed by atoms with van der Waals surface area (Å²) in [6, 6.07) is 19.9. The Morgan fingerprint density at radius 2 is 1.38 bits per heavy atom. The van der Waals surface area contributed by atoms with Gasteiger partial charge in [0.25, 0.3) is 26.0 Å². The highest BCUT2D eigenvalue weighted by atomic mass is 35.5. The molecule has 40 heavy (non-hydrogen) atoms. The van der Waals surface area contributed by atoms with Gasteiger partial charge in [0.05, 0.1) is 33.4 Å². The summed E-state index contributed by atoms with van der Waals surface area (Å²) in [7, 11) is -6.78. The minimum Gasteiger partial charge on any atom is -0.495 e. The van der Waals surface area contributed by atoms with Gasteiger partial charge in [-0.15, -0.1) is 0 Å². The summed E-state index contributed by atoms with van der Waals surface area (Å²) >= 11 is 18.1. The van der Waals surface area contributed by atoms with Crippen LogP contribution in [0.4, 0.5) is 17.1 Å². The number of ether oxygens (including phenoxy) is 1. The standard InChI is InChI=1S/C26H20Cl3N3O6S2/c1-38-24-5-3-2-4-22(24)31-39(34,35)19-10-8-18(9-11-19)30-26(33)16-6-12-21(29)25(14-16)40(36,37)32-23-15-17(27)7-13-20(23)28/h2-15,31-32H,1H3,(H,30,33). The molecule has 0 unspecified atom stereocenters. The van der Waals surface area contributed by atoms with Gasteiger partial charge < -0.3 is 10.1 Å². The first-order valence-corrected chi connectivity index (χ1v) is 15.3. The van der Waals surface area contributed by atoms with Crippen LogP contribution in [0.5, 0.6) is 5.75 Å². The molecule has 1 amide bonds. The van der Waals surface area contributed by atoms with Gasteiger partial charge in [-0.1, -0.05) is 46.9 Å². The number of methoxy groups -OCH3 is 1. The first kappa shape index (κ1) is 29.5. The van der Waals surface area contributed by atoms with E-state index in [4.69, 9.17) is 39.5 Å². The zero-order valence-corrected chi connectivity index (χ0v) is 24.4. The Balaban J connectivity index is 1.51. The smallest absolute Gasteiger partial charge is 0.263 e. The summed E-state index contributed by atoms with van der Waals surface area (Å²) in [5.74, 6) is -0.304. The normalized spacial score (nSPS) is 11.5. The molecule has 9 nitrogen and oxygen atoms in total. The van der Waals surface area contributed by atoms with Gasteiger partial charge in [0, 0.05) is 16.3 Å². The zero-order valence-electron chi connectivity index (χ0n) is 20.5. The van der Waals surface area contributed by atoms with E-state index in [-0.39, 0.29) is 47.5 Å². The second-order valence-electron chi connectivity index (χ2n) is 8.16. The number of carbonyl (C=O) groups is 1. The van der Waals surface area contributed by atoms with Crippen LogP contribution in [0.2, 0.25) is 15.1 Å². The van der Waals surface area contributed by atoms with E-state index in [2.05, 4.69) is 14.8 Å². The number of sulfonamides is 2. The maximum absolute atomic E-state index is 13.0. The van der Waals surface area contributed by atoms with Crippen molar-refractivity contribution in [3.63, 3.8) is 0 Å². The molecular weight excluding hydrogens is 621 g/mol. The van der Waals surface area contributed by atoms with Crippen LogP contribution in [0.3, 0.4) is 0 Å². The lowest BCUT2D eigenvalue weighted by Gasteiger charge is -2.13. The minimum absolute atomic E-state index is 0.0171. The Hall–Kier alpha value is -3.48. The van der Waals surface area contributed by atoms with Crippen molar-refractivity contribution in [1.82, 2.24) is 0 Å². The fraction of sp³-hybridized carbons (Fsp3) is 0.0385. The van der Waals surface area contributed by atoms with Gasteiger partial charge >= 0.3 is 0 Å². The Morgan fingerprint density at radius 1 is 0.725 bits per heavy atom. The molecule has 4 aromatic rings. The van der Waals surface area contributed by atoms with Crippen LogP contribution in [0, 0.1) is 0 Å². The maximum Gasteiger partial charge on any atom is 0.263 e. The second-order valence-corrected chi connectivity index (χ2v) is 12.7. The molecule has 0 spiro atoms. The van der Waals surface area contributed by atoms with Gasteiger partial charge in [0.1, 0.15) is 10.6 Å². The van der Waals surface area contributed by atoms with Gasteiger partial charge in [-0.05, 0) is 72.8 Å². The molecule has 4 rings (SSSR count). The SMILES string of the molecule is COc1ccccc1NS(=O)(=O)c1ccc(NC(=O)c2ccc(Cl)c(S(=O)(=O)Nc3cc(Cl)ccc3Cl)c2)cc1. The number of hydrogen-bond donors (Lipinski definition) is 3. The first-order valence-electron chi connectivity index (χ1n) is 11.2. The molecule has 208 valence electrons. The van der Waals surface area contributed by atoms with E-state index in [9.17, 15) is 21.6 Å². The molecular formula is C26H20Cl3N3O6S2. The molecule has 0 aliphatic carbocycles. The fourth-order valence-corrected chi connectivity index (χ4v) is 6.54. The summed E-state index contributed by atoms with van der Waals surface area (Å²) in [4.78, 5) is 12.5. The highest BCUT2D eigenvalue weighted by Crippen LogP contribution is 2.31. The average Bonchev–Trinajstić information content (AvgIpc) is 2.91. The van der Waals surface area contributed by atoms with E-state index in [1.807, 2.05) is 0 Å². The van der Waals surface area contributed by atoms with Crippen LogP contribution in [0.25, 0.3) is 0 Å². The highest BCUT2D eigenvalue weighted by Gasteiger charge is 2.22. The number of benzene rings is 4. The van der Waals surface area contributed by atoms with E-state index >= 15 is 0 Å². The van der Waals surface area contributed by atoms with Gasteiger partial charge in [0.2, 0.25) is 0 Å². The molecule has 0 bridgehead atoms. The number of para-hydroxylation sites is 2. The fourth-order valence-electron chi connectivity index (χ4n) is 3.48. The van der Waals surface area contributed by atoms with E-state index in [0.29, 0.717) is 5.75 Å². The molecule has 0 fully saturated rings. The van der Waals surface area contributed by atoms with Crippen LogP contribution >= 0.6 is 34.8 Å². The Morgan fingerprint density at radius 3 is 2.08 bits per heavy atom. The summed E-state index contributed by atoms with van der Waals surface area (Å²) in [5, 5.41) is 2.85. The molecule has 0 aliphatic rings. The van der Waals surface area contributed by atoms with Gasteiger partial charge in [0.15, 0.2) is 0 Å². The monoisotopic (exact) mass is 639 g/mol. The Labute approximate surface area is 246 Å². The minimum atomic E-state index is -4.25. The summed E-state index contributed by atoms with van der Waals surface area (Å²) in [6.45, 7) is 0. The maximum atomic E-state index is 13.0. The zero-order chi connectivity index (χ0) is 29.1. The van der Waals surface area contributed by atoms with Crippen molar-refractivity contribution in [2.75, 3.05) is 21.9 Å². The largest absolute Gasteiger partial charge is 0.495 e. The third kappa shape index (κ3) is 6.80. The van der Waals surface area contributed by atoms with Gasteiger partial charge in [-0.25, -0.2) is 16.8 Å². The molecule has 14 heteroatoms. The molecule has 0 heterocycles. The van der Waals surface area contributed by atoms with Crippen molar-refractivity contribution in [1.29, 1.82) is 0 Å². The molecule has 0 saturated heterocycles. The van der Waals surface area contributed by atoms with E-state index < -0.39 is 26.0 Å². The summed E-state index contributed by atoms with van der Waals surface area (Å²) in [5.41, 5.74) is 0.555. The predicted octanol–water partition coefficient (Wildman–Crippen LogP) is 6.51. The highest BCUT2D eigenvalue weighted by molar-refractivity contribution is 7.93. The summed E-state index contributed by atoms with van der Waals surface area (Å²) < 4.78 is 61.6. The molecule has 0 aromatic heterocycles. The molecule has 0 atom stereocenters. The Kier molecular flexibility index (Phi) is 8.81. The molecule has 4 aromatic carbocycles. The molecule has 3 N–H and O–H groups in total. The topological polar surface area (TPSA) is 131 Å². The number of nitrogens with one attached hydrogen (secondary N) is 3. The number of hydrogen-bond acceptors (Lipinski definition) is 6. The lowest BCUT2D eigenvalue weighted by atomic mass is 10.2. The van der Waals surface area contributed by atoms with Crippen LogP contribution < -0.4 is 19.5 Å². The lowest BCUT2D eigenvalue weighted by Crippen LogP contribution is -2.17. The second kappa shape index (κ2) is 11.9. The number of rotatable bonds is 9. The average molecular weight is 641 g/mol. The number of anilines is 3. The van der Waals surface area contributed by atoms with E-state index in [1.165, 1.54) is 61.7 Å². The molecule has 0 saturated carbocycles.